The topological polar surface area (TPSA) is 18.5 Å². The molecule has 2 heterocycles. The van der Waals surface area contributed by atoms with Crippen LogP contribution in [0.5, 0.6) is 11.5 Å². The van der Waals surface area contributed by atoms with Crippen molar-refractivity contribution in [2.75, 3.05) is 13.2 Å². The summed E-state index contributed by atoms with van der Waals surface area (Å²) in [6, 6.07) is 0. The lowest BCUT2D eigenvalue weighted by molar-refractivity contribution is 0.0783. The van der Waals surface area contributed by atoms with Crippen LogP contribution >= 0.6 is 11.3 Å². The van der Waals surface area contributed by atoms with E-state index in [9.17, 15) is 0 Å². The van der Waals surface area contributed by atoms with Gasteiger partial charge in [-0.2, -0.15) is 0 Å². The van der Waals surface area contributed by atoms with Crippen LogP contribution in [0.4, 0.5) is 0 Å². The highest BCUT2D eigenvalue weighted by Gasteiger charge is 2.34. The summed E-state index contributed by atoms with van der Waals surface area (Å²) >= 11 is 1.66. The number of hydrogen-bond donors (Lipinski definition) is 0. The molecule has 0 saturated heterocycles. The van der Waals surface area contributed by atoms with Crippen LogP contribution in [0, 0.1) is 5.41 Å². The predicted octanol–water partition coefficient (Wildman–Crippen LogP) is 6.45. The quantitative estimate of drug-likeness (QED) is 0.461. The molecular weight excluding hydrogens is 292 g/mol. The zero-order valence-electron chi connectivity index (χ0n) is 14.4. The lowest BCUT2D eigenvalue weighted by atomic mass is 9.79. The van der Waals surface area contributed by atoms with E-state index >= 15 is 0 Å². The second-order valence-electron chi connectivity index (χ2n) is 6.80. The number of hydrogen-bond acceptors (Lipinski definition) is 3. The molecule has 0 spiro atoms. The van der Waals surface area contributed by atoms with Crippen LogP contribution < -0.4 is 9.47 Å². The minimum atomic E-state index is 0.220. The van der Waals surface area contributed by atoms with Gasteiger partial charge in [-0.3, -0.25) is 0 Å². The first kappa shape index (κ1) is 17.7. The Morgan fingerprint density at radius 1 is 0.818 bits per heavy atom. The molecule has 1 aromatic rings. The largest absolute Gasteiger partial charge is 0.488 e. The third kappa shape index (κ3) is 5.19. The highest BCUT2D eigenvalue weighted by molar-refractivity contribution is 7.08. The highest BCUT2D eigenvalue weighted by Crippen LogP contribution is 2.41. The van der Waals surface area contributed by atoms with Crippen molar-refractivity contribution >= 4 is 11.3 Å². The Labute approximate surface area is 140 Å². The minimum absolute atomic E-state index is 0.220. The second-order valence-corrected chi connectivity index (χ2v) is 7.54. The van der Waals surface area contributed by atoms with Crippen molar-refractivity contribution in [2.45, 2.75) is 78.1 Å². The molecule has 0 radical (unpaired) electrons. The van der Waals surface area contributed by atoms with Crippen molar-refractivity contribution < 1.29 is 9.47 Å². The Kier molecular flexibility index (Phi) is 7.57. The molecule has 2 rings (SSSR count). The third-order valence-corrected chi connectivity index (χ3v) is 5.48. The first-order valence-electron chi connectivity index (χ1n) is 9.11. The van der Waals surface area contributed by atoms with Crippen molar-refractivity contribution in [2.24, 2.45) is 5.41 Å². The average Bonchev–Trinajstić information content (AvgIpc) is 2.92. The van der Waals surface area contributed by atoms with Gasteiger partial charge in [-0.1, -0.05) is 65.2 Å². The van der Waals surface area contributed by atoms with Gasteiger partial charge in [0.25, 0.3) is 0 Å². The standard InChI is InChI=1S/C19H32O2S/c1-3-5-7-9-11-19(12-10-8-6-4-2)15-20-17-13-22-14-18(17)21-16-19/h13-14H,3-12,15-16H2,1-2H3. The molecule has 22 heavy (non-hydrogen) atoms. The van der Waals surface area contributed by atoms with E-state index in [0.29, 0.717) is 0 Å². The molecule has 0 aliphatic carbocycles. The Morgan fingerprint density at radius 3 is 1.77 bits per heavy atom. The highest BCUT2D eigenvalue weighted by atomic mass is 32.1. The van der Waals surface area contributed by atoms with Gasteiger partial charge in [0.05, 0.1) is 13.2 Å². The summed E-state index contributed by atoms with van der Waals surface area (Å²) in [5, 5.41) is 4.14. The van der Waals surface area contributed by atoms with Crippen molar-refractivity contribution in [3.63, 3.8) is 0 Å². The summed E-state index contributed by atoms with van der Waals surface area (Å²) in [4.78, 5) is 0. The van der Waals surface area contributed by atoms with Crippen LogP contribution in [0.3, 0.4) is 0 Å². The fraction of sp³-hybridized carbons (Fsp3) is 0.789. The van der Waals surface area contributed by atoms with Crippen LogP contribution in [0.1, 0.15) is 78.1 Å². The van der Waals surface area contributed by atoms with E-state index in [-0.39, 0.29) is 5.41 Å². The van der Waals surface area contributed by atoms with Gasteiger partial charge in [-0.05, 0) is 12.8 Å². The molecule has 0 N–H and O–H groups in total. The molecule has 0 fully saturated rings. The number of ether oxygens (including phenoxy) is 2. The lowest BCUT2D eigenvalue weighted by Gasteiger charge is -2.31. The van der Waals surface area contributed by atoms with Gasteiger partial charge >= 0.3 is 0 Å². The molecule has 3 heteroatoms. The van der Waals surface area contributed by atoms with Gasteiger partial charge in [0.2, 0.25) is 0 Å². The summed E-state index contributed by atoms with van der Waals surface area (Å²) in [6.07, 6.45) is 13.1. The molecule has 0 atom stereocenters. The van der Waals surface area contributed by atoms with E-state index in [0.717, 1.165) is 24.7 Å². The molecule has 1 aromatic heterocycles. The van der Waals surface area contributed by atoms with E-state index in [4.69, 9.17) is 9.47 Å². The zero-order chi connectivity index (χ0) is 15.7. The summed E-state index contributed by atoms with van der Waals surface area (Å²) in [5.74, 6) is 1.91. The Hall–Kier alpha value is -0.700. The van der Waals surface area contributed by atoms with Crippen LogP contribution in [0.15, 0.2) is 10.8 Å². The second kappa shape index (κ2) is 9.44. The first-order valence-corrected chi connectivity index (χ1v) is 10.1. The van der Waals surface area contributed by atoms with Gasteiger partial charge in [-0.15, -0.1) is 11.3 Å². The van der Waals surface area contributed by atoms with E-state index in [1.54, 1.807) is 11.3 Å². The molecule has 0 saturated carbocycles. The van der Waals surface area contributed by atoms with Gasteiger partial charge < -0.3 is 9.47 Å². The van der Waals surface area contributed by atoms with Crippen molar-refractivity contribution in [3.05, 3.63) is 10.8 Å². The van der Waals surface area contributed by atoms with Gasteiger partial charge in [0.1, 0.15) is 0 Å². The number of thiophene rings is 1. The normalized spacial score (nSPS) is 16.5. The van der Waals surface area contributed by atoms with Crippen molar-refractivity contribution in [3.8, 4) is 11.5 Å². The van der Waals surface area contributed by atoms with Crippen molar-refractivity contribution in [1.29, 1.82) is 0 Å². The Bertz CT molecular complexity index is 377. The molecule has 0 unspecified atom stereocenters. The van der Waals surface area contributed by atoms with Crippen LogP contribution in [-0.2, 0) is 0 Å². The molecule has 1 aliphatic heterocycles. The van der Waals surface area contributed by atoms with Crippen LogP contribution in [0.25, 0.3) is 0 Å². The molecule has 0 bridgehead atoms. The number of unbranched alkanes of at least 4 members (excludes halogenated alkanes) is 6. The smallest absolute Gasteiger partial charge is 0.171 e. The van der Waals surface area contributed by atoms with Crippen LogP contribution in [-0.4, -0.2) is 13.2 Å². The molecule has 0 amide bonds. The zero-order valence-corrected chi connectivity index (χ0v) is 15.2. The van der Waals surface area contributed by atoms with E-state index in [2.05, 4.69) is 24.6 Å². The van der Waals surface area contributed by atoms with E-state index in [1.807, 2.05) is 0 Å². The molecule has 2 nitrogen and oxygen atoms in total. The predicted molar refractivity (Wildman–Crippen MR) is 95.3 cm³/mol. The summed E-state index contributed by atoms with van der Waals surface area (Å²) < 4.78 is 12.2. The Balaban J connectivity index is 1.90. The minimum Gasteiger partial charge on any atom is -0.488 e. The maximum atomic E-state index is 6.10. The van der Waals surface area contributed by atoms with Crippen molar-refractivity contribution in [1.82, 2.24) is 0 Å². The fourth-order valence-electron chi connectivity index (χ4n) is 3.25. The van der Waals surface area contributed by atoms with E-state index < -0.39 is 0 Å². The average molecular weight is 325 g/mol. The summed E-state index contributed by atoms with van der Waals surface area (Å²) in [6.45, 7) is 6.20. The molecule has 1 aliphatic rings. The number of fused-ring (bicyclic) bond motifs is 1. The lowest BCUT2D eigenvalue weighted by Crippen LogP contribution is -2.33. The Morgan fingerprint density at radius 2 is 1.32 bits per heavy atom. The van der Waals surface area contributed by atoms with Gasteiger partial charge in [0, 0.05) is 16.2 Å². The van der Waals surface area contributed by atoms with Gasteiger partial charge in [-0.25, -0.2) is 0 Å². The third-order valence-electron chi connectivity index (χ3n) is 4.78. The maximum Gasteiger partial charge on any atom is 0.171 e. The monoisotopic (exact) mass is 324 g/mol. The number of rotatable bonds is 10. The SMILES string of the molecule is CCCCCCC1(CCCCCC)COc2cscc2OC1. The van der Waals surface area contributed by atoms with E-state index in [1.165, 1.54) is 64.2 Å². The molecule has 0 aromatic carbocycles. The first-order chi connectivity index (χ1) is 10.8. The fourth-order valence-corrected chi connectivity index (χ4v) is 3.94. The molecular formula is C19H32O2S. The maximum absolute atomic E-state index is 6.10. The van der Waals surface area contributed by atoms with Gasteiger partial charge in [0.15, 0.2) is 11.5 Å². The van der Waals surface area contributed by atoms with Crippen LogP contribution in [0.2, 0.25) is 0 Å². The summed E-state index contributed by atoms with van der Waals surface area (Å²) in [5.41, 5.74) is 0.220. The molecule has 126 valence electrons. The summed E-state index contributed by atoms with van der Waals surface area (Å²) in [7, 11) is 0.